The van der Waals surface area contributed by atoms with Gasteiger partial charge in [0.2, 0.25) is 5.75 Å². The number of carbonyl (C=O) groups is 1. The molecule has 2 rings (SSSR count). The molecule has 0 spiro atoms. The van der Waals surface area contributed by atoms with Gasteiger partial charge in [-0.3, -0.25) is 14.9 Å². The van der Waals surface area contributed by atoms with Crippen molar-refractivity contribution in [1.29, 1.82) is 0 Å². The van der Waals surface area contributed by atoms with Crippen molar-refractivity contribution in [3.05, 3.63) is 69.8 Å². The lowest BCUT2D eigenvalue weighted by atomic mass is 10.1. The normalized spacial score (nSPS) is 10.2. The average molecular weight is 293 g/mol. The van der Waals surface area contributed by atoms with Crippen molar-refractivity contribution < 1.29 is 23.2 Å². The van der Waals surface area contributed by atoms with Crippen LogP contribution in [0.15, 0.2) is 42.5 Å². The number of ether oxygens (including phenoxy) is 1. The predicted molar refractivity (Wildman–Crippen MR) is 68.8 cm³/mol. The highest BCUT2D eigenvalue weighted by molar-refractivity contribution is 5.76. The molecule has 21 heavy (non-hydrogen) atoms. The van der Waals surface area contributed by atoms with E-state index >= 15 is 0 Å². The van der Waals surface area contributed by atoms with Crippen molar-refractivity contribution in [2.45, 2.75) is 6.42 Å². The topological polar surface area (TPSA) is 69.4 Å². The zero-order valence-corrected chi connectivity index (χ0v) is 10.6. The molecule has 0 saturated carbocycles. The fourth-order valence-electron chi connectivity index (χ4n) is 1.65. The highest BCUT2D eigenvalue weighted by Gasteiger charge is 2.19. The van der Waals surface area contributed by atoms with Crippen LogP contribution in [0.25, 0.3) is 0 Å². The van der Waals surface area contributed by atoms with Crippen LogP contribution < -0.4 is 4.74 Å². The van der Waals surface area contributed by atoms with Gasteiger partial charge in [0.25, 0.3) is 0 Å². The first kappa shape index (κ1) is 14.6. The van der Waals surface area contributed by atoms with Crippen LogP contribution in [0.2, 0.25) is 0 Å². The number of rotatable bonds is 4. The van der Waals surface area contributed by atoms with Crippen molar-refractivity contribution in [3.63, 3.8) is 0 Å². The van der Waals surface area contributed by atoms with Crippen LogP contribution in [0, 0.1) is 21.7 Å². The molecule has 0 aromatic heterocycles. The fraction of sp³-hybridized carbons (Fsp3) is 0.0714. The molecule has 2 aromatic rings. The van der Waals surface area contributed by atoms with Crippen LogP contribution in [0.4, 0.5) is 14.5 Å². The maximum Gasteiger partial charge on any atom is 0.315 e. The molecule has 108 valence electrons. The second-order valence-electron chi connectivity index (χ2n) is 4.15. The minimum atomic E-state index is -0.810. The summed E-state index contributed by atoms with van der Waals surface area (Å²) in [6.45, 7) is 0. The van der Waals surface area contributed by atoms with Gasteiger partial charge in [0, 0.05) is 12.1 Å². The number of nitro benzene ring substituents is 1. The molecular formula is C14H9F2NO4. The second kappa shape index (κ2) is 6.08. The summed E-state index contributed by atoms with van der Waals surface area (Å²) in [5.74, 6) is -2.49. The van der Waals surface area contributed by atoms with Gasteiger partial charge in [-0.15, -0.1) is 0 Å². The molecule has 5 nitrogen and oxygen atoms in total. The Bertz CT molecular complexity index is 686. The van der Waals surface area contributed by atoms with E-state index in [1.807, 2.05) is 0 Å². The second-order valence-corrected chi connectivity index (χ2v) is 4.15. The number of halogens is 2. The number of esters is 1. The highest BCUT2D eigenvalue weighted by atomic mass is 19.1. The number of benzene rings is 2. The van der Waals surface area contributed by atoms with Gasteiger partial charge in [-0.2, -0.15) is 0 Å². The van der Waals surface area contributed by atoms with Crippen molar-refractivity contribution in [3.8, 4) is 5.75 Å². The van der Waals surface area contributed by atoms with Crippen LogP contribution in [0.1, 0.15) is 5.56 Å². The highest BCUT2D eigenvalue weighted by Crippen LogP contribution is 2.27. The maximum absolute atomic E-state index is 13.1. The lowest BCUT2D eigenvalue weighted by Crippen LogP contribution is -2.12. The van der Waals surface area contributed by atoms with Gasteiger partial charge < -0.3 is 4.74 Å². The standard InChI is InChI=1S/C14H9F2NO4/c15-10-3-1-9(2-4-10)7-14(18)21-13-8-11(16)5-6-12(13)17(19)20/h1-6,8H,7H2. The third kappa shape index (κ3) is 3.82. The molecule has 7 heteroatoms. The summed E-state index contributed by atoms with van der Waals surface area (Å²) in [6.07, 6.45) is -0.214. The van der Waals surface area contributed by atoms with Crippen molar-refractivity contribution in [2.75, 3.05) is 0 Å². The Morgan fingerprint density at radius 3 is 2.33 bits per heavy atom. The molecule has 0 N–H and O–H groups in total. The first-order chi connectivity index (χ1) is 9.95. The molecule has 0 aliphatic rings. The van der Waals surface area contributed by atoms with Crippen molar-refractivity contribution in [1.82, 2.24) is 0 Å². The molecule has 0 heterocycles. The molecule has 0 bridgehead atoms. The average Bonchev–Trinajstić information content (AvgIpc) is 2.41. The number of carbonyl (C=O) groups excluding carboxylic acids is 1. The number of hydrogen-bond donors (Lipinski definition) is 0. The first-order valence-corrected chi connectivity index (χ1v) is 5.85. The van der Waals surface area contributed by atoms with E-state index in [9.17, 15) is 23.7 Å². The molecule has 0 unspecified atom stereocenters. The summed E-state index contributed by atoms with van der Waals surface area (Å²) in [4.78, 5) is 21.7. The van der Waals surface area contributed by atoms with Crippen molar-refractivity contribution in [2.24, 2.45) is 0 Å². The zero-order chi connectivity index (χ0) is 15.4. The minimum Gasteiger partial charge on any atom is -0.419 e. The van der Waals surface area contributed by atoms with Gasteiger partial charge in [-0.25, -0.2) is 8.78 Å². The van der Waals surface area contributed by atoms with Gasteiger partial charge >= 0.3 is 11.7 Å². The van der Waals surface area contributed by atoms with E-state index < -0.39 is 34.0 Å². The van der Waals surface area contributed by atoms with E-state index in [0.29, 0.717) is 5.56 Å². The molecule has 0 fully saturated rings. The third-order valence-corrected chi connectivity index (χ3v) is 2.60. The van der Waals surface area contributed by atoms with Crippen LogP contribution in [0.5, 0.6) is 5.75 Å². The number of nitrogens with zero attached hydrogens (tertiary/aromatic N) is 1. The summed E-state index contributed by atoms with van der Waals surface area (Å²) in [6, 6.07) is 7.69. The van der Waals surface area contributed by atoms with Gasteiger partial charge in [0.1, 0.15) is 11.6 Å². The predicted octanol–water partition coefficient (Wildman–Crippen LogP) is 3.02. The molecule has 0 saturated heterocycles. The van der Waals surface area contributed by atoms with Crippen molar-refractivity contribution >= 4 is 11.7 Å². The Labute approximate surface area is 117 Å². The molecule has 0 amide bonds. The van der Waals surface area contributed by atoms with Crippen LogP contribution in [-0.2, 0) is 11.2 Å². The quantitative estimate of drug-likeness (QED) is 0.376. The monoisotopic (exact) mass is 293 g/mol. The SMILES string of the molecule is O=C(Cc1ccc(F)cc1)Oc1cc(F)ccc1[N+](=O)[O-]. The van der Waals surface area contributed by atoms with E-state index in [1.165, 1.54) is 24.3 Å². The first-order valence-electron chi connectivity index (χ1n) is 5.85. The third-order valence-electron chi connectivity index (χ3n) is 2.60. The molecule has 2 aromatic carbocycles. The number of nitro groups is 1. The molecular weight excluding hydrogens is 284 g/mol. The van der Waals surface area contributed by atoms with E-state index in [2.05, 4.69) is 0 Å². The van der Waals surface area contributed by atoms with Gasteiger partial charge in [0.05, 0.1) is 11.3 Å². The lowest BCUT2D eigenvalue weighted by Gasteiger charge is -2.05. The molecule has 0 radical (unpaired) electrons. The van der Waals surface area contributed by atoms with Gasteiger partial charge in [0.15, 0.2) is 0 Å². The largest absolute Gasteiger partial charge is 0.419 e. The molecule has 0 atom stereocenters. The van der Waals surface area contributed by atoms with Gasteiger partial charge in [-0.05, 0) is 23.8 Å². The number of hydrogen-bond acceptors (Lipinski definition) is 4. The fourth-order valence-corrected chi connectivity index (χ4v) is 1.65. The molecule has 0 aliphatic carbocycles. The van der Waals surface area contributed by atoms with Crippen LogP contribution >= 0.6 is 0 Å². The summed E-state index contributed by atoms with van der Waals surface area (Å²) >= 11 is 0. The minimum absolute atomic E-state index is 0.214. The Balaban J connectivity index is 2.14. The van der Waals surface area contributed by atoms with Gasteiger partial charge in [-0.1, -0.05) is 12.1 Å². The Morgan fingerprint density at radius 2 is 1.71 bits per heavy atom. The Kier molecular flexibility index (Phi) is 4.22. The summed E-state index contributed by atoms with van der Waals surface area (Å²) in [5, 5.41) is 10.8. The molecule has 0 aliphatic heterocycles. The van der Waals surface area contributed by atoms with E-state index in [-0.39, 0.29) is 6.42 Å². The van der Waals surface area contributed by atoms with E-state index in [0.717, 1.165) is 18.2 Å². The summed E-state index contributed by atoms with van der Waals surface area (Å²) in [7, 11) is 0. The smallest absolute Gasteiger partial charge is 0.315 e. The maximum atomic E-state index is 13.1. The van der Waals surface area contributed by atoms with Crippen LogP contribution in [0.3, 0.4) is 0 Å². The summed E-state index contributed by atoms with van der Waals surface area (Å²) < 4.78 is 30.6. The summed E-state index contributed by atoms with van der Waals surface area (Å²) in [5.41, 5.74) is -0.0377. The zero-order valence-electron chi connectivity index (χ0n) is 10.6. The lowest BCUT2D eigenvalue weighted by molar-refractivity contribution is -0.385. The van der Waals surface area contributed by atoms with E-state index in [1.54, 1.807) is 0 Å². The van der Waals surface area contributed by atoms with Crippen LogP contribution in [-0.4, -0.2) is 10.9 Å². The Morgan fingerprint density at radius 1 is 1.10 bits per heavy atom. The Hall–Kier alpha value is -2.83. The van der Waals surface area contributed by atoms with E-state index in [4.69, 9.17) is 4.74 Å².